The highest BCUT2D eigenvalue weighted by molar-refractivity contribution is 7.85. The molecule has 0 aliphatic carbocycles. The topological polar surface area (TPSA) is 29.1 Å². The highest BCUT2D eigenvalue weighted by atomic mass is 32.2. The van der Waals surface area contributed by atoms with E-state index in [1.54, 1.807) is 18.2 Å². The van der Waals surface area contributed by atoms with Gasteiger partial charge in [-0.15, -0.1) is 0 Å². The highest BCUT2D eigenvalue weighted by Crippen LogP contribution is 2.22. The lowest BCUT2D eigenvalue weighted by Crippen LogP contribution is -2.24. The van der Waals surface area contributed by atoms with Gasteiger partial charge in [-0.05, 0) is 44.2 Å². The summed E-state index contributed by atoms with van der Waals surface area (Å²) in [4.78, 5) is 0.267. The zero-order valence-electron chi connectivity index (χ0n) is 12.5. The summed E-state index contributed by atoms with van der Waals surface area (Å²) in [5, 5.41) is 3.19. The molecule has 0 bridgehead atoms. The molecule has 0 amide bonds. The van der Waals surface area contributed by atoms with Crippen LogP contribution in [0.3, 0.4) is 0 Å². The molecule has 4 heteroatoms. The van der Waals surface area contributed by atoms with E-state index in [-0.39, 0.29) is 10.9 Å². The van der Waals surface area contributed by atoms with Crippen molar-refractivity contribution >= 4 is 10.8 Å². The molecule has 2 aromatic carbocycles. The van der Waals surface area contributed by atoms with Crippen LogP contribution in [0.4, 0.5) is 4.39 Å². The summed E-state index contributed by atoms with van der Waals surface area (Å²) in [6.07, 6.45) is 0. The number of rotatable bonds is 5. The molecule has 0 radical (unpaired) electrons. The summed E-state index contributed by atoms with van der Waals surface area (Å²) in [7, 11) is 0.460. The van der Waals surface area contributed by atoms with Crippen LogP contribution in [0.1, 0.15) is 22.7 Å². The van der Waals surface area contributed by atoms with Crippen LogP contribution in [0, 0.1) is 19.7 Å². The SMILES string of the molecule is CNC(CS(=O)c1ccccc1F)c1cc(C)ccc1C. The van der Waals surface area contributed by atoms with Crippen molar-refractivity contribution in [3.05, 3.63) is 65.0 Å². The lowest BCUT2D eigenvalue weighted by atomic mass is 10.0. The average Bonchev–Trinajstić information content (AvgIpc) is 2.47. The van der Waals surface area contributed by atoms with Crippen molar-refractivity contribution in [2.75, 3.05) is 12.8 Å². The summed E-state index contributed by atoms with van der Waals surface area (Å²) in [6.45, 7) is 4.06. The Balaban J connectivity index is 2.25. The number of nitrogens with one attached hydrogen (secondary N) is 1. The van der Waals surface area contributed by atoms with Crippen LogP contribution >= 0.6 is 0 Å². The van der Waals surface area contributed by atoms with Gasteiger partial charge in [-0.2, -0.15) is 0 Å². The molecule has 0 aliphatic rings. The second-order valence-electron chi connectivity index (χ2n) is 5.14. The van der Waals surface area contributed by atoms with Crippen molar-refractivity contribution in [2.24, 2.45) is 0 Å². The van der Waals surface area contributed by atoms with Crippen LogP contribution < -0.4 is 5.32 Å². The van der Waals surface area contributed by atoms with Gasteiger partial charge in [-0.25, -0.2) is 4.39 Å². The Kier molecular flexibility index (Phi) is 5.26. The van der Waals surface area contributed by atoms with E-state index in [2.05, 4.69) is 23.5 Å². The van der Waals surface area contributed by atoms with Gasteiger partial charge in [0, 0.05) is 11.8 Å². The third kappa shape index (κ3) is 3.77. The molecule has 112 valence electrons. The van der Waals surface area contributed by atoms with Gasteiger partial charge in [0.25, 0.3) is 0 Å². The third-order valence-electron chi connectivity index (χ3n) is 3.56. The number of benzene rings is 2. The van der Waals surface area contributed by atoms with Crippen molar-refractivity contribution in [1.82, 2.24) is 5.32 Å². The molecule has 0 aliphatic heterocycles. The quantitative estimate of drug-likeness (QED) is 0.916. The van der Waals surface area contributed by atoms with E-state index < -0.39 is 16.6 Å². The monoisotopic (exact) mass is 305 g/mol. The maximum absolute atomic E-state index is 13.7. The minimum absolute atomic E-state index is 0.0645. The van der Waals surface area contributed by atoms with Gasteiger partial charge in [0.15, 0.2) is 0 Å². The minimum atomic E-state index is -1.38. The van der Waals surface area contributed by atoms with Gasteiger partial charge in [0.05, 0.1) is 15.7 Å². The molecule has 0 fully saturated rings. The predicted molar refractivity (Wildman–Crippen MR) is 85.4 cm³/mol. The number of hydrogen-bond acceptors (Lipinski definition) is 2. The fraction of sp³-hybridized carbons (Fsp3) is 0.294. The Morgan fingerprint density at radius 2 is 1.90 bits per heavy atom. The Morgan fingerprint density at radius 3 is 2.57 bits per heavy atom. The zero-order valence-corrected chi connectivity index (χ0v) is 13.3. The van der Waals surface area contributed by atoms with E-state index in [0.29, 0.717) is 5.75 Å². The molecule has 2 aromatic rings. The third-order valence-corrected chi connectivity index (χ3v) is 5.02. The van der Waals surface area contributed by atoms with Crippen molar-refractivity contribution < 1.29 is 8.60 Å². The normalized spacial score (nSPS) is 13.9. The van der Waals surface area contributed by atoms with Crippen molar-refractivity contribution in [2.45, 2.75) is 24.8 Å². The average molecular weight is 305 g/mol. The van der Waals surface area contributed by atoms with E-state index in [1.165, 1.54) is 6.07 Å². The van der Waals surface area contributed by atoms with Gasteiger partial charge < -0.3 is 5.32 Å². The first-order chi connectivity index (χ1) is 10.0. The first kappa shape index (κ1) is 15.9. The lowest BCUT2D eigenvalue weighted by Gasteiger charge is -2.19. The van der Waals surface area contributed by atoms with Gasteiger partial charge >= 0.3 is 0 Å². The summed E-state index contributed by atoms with van der Waals surface area (Å²) < 4.78 is 26.2. The van der Waals surface area contributed by atoms with E-state index in [0.717, 1.165) is 16.7 Å². The molecule has 2 rings (SSSR count). The molecule has 0 heterocycles. The summed E-state index contributed by atoms with van der Waals surface area (Å²) in [6, 6.07) is 12.4. The molecular formula is C17H20FNOS. The lowest BCUT2D eigenvalue weighted by molar-refractivity contribution is 0.590. The van der Waals surface area contributed by atoms with Crippen LogP contribution in [0.2, 0.25) is 0 Å². The van der Waals surface area contributed by atoms with Gasteiger partial charge in [0.2, 0.25) is 0 Å². The van der Waals surface area contributed by atoms with Crippen LogP contribution in [-0.2, 0) is 10.8 Å². The fourth-order valence-electron chi connectivity index (χ4n) is 2.33. The number of hydrogen-bond donors (Lipinski definition) is 1. The largest absolute Gasteiger partial charge is 0.312 e. The smallest absolute Gasteiger partial charge is 0.139 e. The van der Waals surface area contributed by atoms with Crippen molar-refractivity contribution in [1.29, 1.82) is 0 Å². The summed E-state index contributed by atoms with van der Waals surface area (Å²) >= 11 is 0. The Bertz CT molecular complexity index is 657. The number of aryl methyl sites for hydroxylation is 2. The van der Waals surface area contributed by atoms with E-state index in [4.69, 9.17) is 0 Å². The first-order valence-electron chi connectivity index (χ1n) is 6.90. The Hall–Kier alpha value is -1.52. The van der Waals surface area contributed by atoms with Crippen LogP contribution in [0.15, 0.2) is 47.4 Å². The fourth-order valence-corrected chi connectivity index (χ4v) is 3.68. The molecule has 2 unspecified atom stereocenters. The highest BCUT2D eigenvalue weighted by Gasteiger charge is 2.18. The molecule has 2 atom stereocenters. The minimum Gasteiger partial charge on any atom is -0.312 e. The van der Waals surface area contributed by atoms with Crippen LogP contribution in [0.25, 0.3) is 0 Å². The van der Waals surface area contributed by atoms with Crippen LogP contribution in [-0.4, -0.2) is 17.0 Å². The summed E-state index contributed by atoms with van der Waals surface area (Å²) in [5.74, 6) is -0.0616. The van der Waals surface area contributed by atoms with Gasteiger partial charge in [0.1, 0.15) is 5.82 Å². The van der Waals surface area contributed by atoms with E-state index in [1.807, 2.05) is 20.9 Å². The van der Waals surface area contributed by atoms with E-state index >= 15 is 0 Å². The maximum Gasteiger partial charge on any atom is 0.139 e. The molecule has 0 saturated heterocycles. The Labute approximate surface area is 127 Å². The van der Waals surface area contributed by atoms with E-state index in [9.17, 15) is 8.60 Å². The first-order valence-corrected chi connectivity index (χ1v) is 8.22. The van der Waals surface area contributed by atoms with Gasteiger partial charge in [-0.1, -0.05) is 35.9 Å². The van der Waals surface area contributed by atoms with Crippen LogP contribution in [0.5, 0.6) is 0 Å². The molecule has 21 heavy (non-hydrogen) atoms. The summed E-state index contributed by atoms with van der Waals surface area (Å²) in [5.41, 5.74) is 3.42. The molecular weight excluding hydrogens is 285 g/mol. The molecule has 0 spiro atoms. The molecule has 1 N–H and O–H groups in total. The second kappa shape index (κ2) is 6.96. The Morgan fingerprint density at radius 1 is 1.19 bits per heavy atom. The standard InChI is InChI=1S/C17H20FNOS/c1-12-8-9-13(2)14(10-12)16(19-3)11-21(20)17-7-5-4-6-15(17)18/h4-10,16,19H,11H2,1-3H3. The van der Waals surface area contributed by atoms with Gasteiger partial charge in [-0.3, -0.25) is 4.21 Å². The molecule has 0 aromatic heterocycles. The van der Waals surface area contributed by atoms with Crippen molar-refractivity contribution in [3.8, 4) is 0 Å². The second-order valence-corrected chi connectivity index (χ2v) is 6.61. The number of halogens is 1. The maximum atomic E-state index is 13.7. The molecule has 2 nitrogen and oxygen atoms in total. The molecule has 0 saturated carbocycles. The van der Waals surface area contributed by atoms with Crippen molar-refractivity contribution in [3.63, 3.8) is 0 Å². The predicted octanol–water partition coefficient (Wildman–Crippen LogP) is 3.51. The zero-order chi connectivity index (χ0) is 15.4.